The third-order valence-corrected chi connectivity index (χ3v) is 1.49. The summed E-state index contributed by atoms with van der Waals surface area (Å²) in [6.45, 7) is 0.0390. The van der Waals surface area contributed by atoms with Crippen LogP contribution < -0.4 is 10.8 Å². The molecule has 1 aromatic rings. The van der Waals surface area contributed by atoms with E-state index in [1.807, 2.05) is 0 Å². The van der Waals surface area contributed by atoms with Gasteiger partial charge >= 0.3 is 0 Å². The summed E-state index contributed by atoms with van der Waals surface area (Å²) in [7, 11) is 1.35. The zero-order valence-corrected chi connectivity index (χ0v) is 7.71. The van der Waals surface area contributed by atoms with Gasteiger partial charge in [0.2, 0.25) is 0 Å². The molecule has 0 heterocycles. The molecule has 4 nitrogen and oxygen atoms in total. The van der Waals surface area contributed by atoms with E-state index in [0.29, 0.717) is 5.69 Å². The third kappa shape index (κ3) is 3.40. The van der Waals surface area contributed by atoms with Crippen LogP contribution in [0.4, 0.5) is 10.1 Å². The first-order chi connectivity index (χ1) is 6.72. The molecule has 1 rings (SSSR count). The first-order valence-electron chi connectivity index (χ1n) is 4.03. The Morgan fingerprint density at radius 2 is 2.36 bits per heavy atom. The zero-order valence-electron chi connectivity index (χ0n) is 7.71. The topological polar surface area (TPSA) is 50.4 Å². The van der Waals surface area contributed by atoms with Crippen molar-refractivity contribution >= 4 is 11.6 Å². The number of benzene rings is 1. The van der Waals surface area contributed by atoms with Gasteiger partial charge in [-0.2, -0.15) is 0 Å². The average molecular weight is 198 g/mol. The second-order valence-electron chi connectivity index (χ2n) is 2.59. The maximum Gasteiger partial charge on any atom is 0.262 e. The Hall–Kier alpha value is -1.62. The number of rotatable bonds is 4. The standard InChI is InChI=1S/C9H11FN2O2/c1-14-12-9(13)6-11-8-4-2-3-7(10)5-8/h2-5,11H,6H2,1H3,(H,12,13). The summed E-state index contributed by atoms with van der Waals surface area (Å²) >= 11 is 0. The maximum absolute atomic E-state index is 12.7. The van der Waals surface area contributed by atoms with E-state index < -0.39 is 0 Å². The quantitative estimate of drug-likeness (QED) is 0.707. The van der Waals surface area contributed by atoms with Gasteiger partial charge in [0.15, 0.2) is 0 Å². The molecule has 2 N–H and O–H groups in total. The van der Waals surface area contributed by atoms with Crippen molar-refractivity contribution in [2.75, 3.05) is 19.0 Å². The molecule has 0 saturated carbocycles. The summed E-state index contributed by atoms with van der Waals surface area (Å²) in [6, 6.07) is 5.87. The van der Waals surface area contributed by atoms with E-state index in [1.165, 1.54) is 19.2 Å². The van der Waals surface area contributed by atoms with Crippen molar-refractivity contribution < 1.29 is 14.0 Å². The molecule has 0 atom stereocenters. The van der Waals surface area contributed by atoms with Gasteiger partial charge in [0.05, 0.1) is 13.7 Å². The molecular formula is C9H11FN2O2. The van der Waals surface area contributed by atoms with E-state index in [9.17, 15) is 9.18 Å². The van der Waals surface area contributed by atoms with E-state index in [-0.39, 0.29) is 18.3 Å². The number of hydrogen-bond donors (Lipinski definition) is 2. The predicted octanol–water partition coefficient (Wildman–Crippen LogP) is 0.915. The molecule has 0 radical (unpaired) electrons. The fourth-order valence-electron chi connectivity index (χ4n) is 0.931. The van der Waals surface area contributed by atoms with Crippen molar-refractivity contribution in [1.82, 2.24) is 5.48 Å². The molecule has 0 unspecified atom stereocenters. The van der Waals surface area contributed by atoms with E-state index in [1.54, 1.807) is 12.1 Å². The number of halogens is 1. The summed E-state index contributed by atoms with van der Waals surface area (Å²) in [4.78, 5) is 15.3. The van der Waals surface area contributed by atoms with Gasteiger partial charge in [-0.1, -0.05) is 6.07 Å². The Morgan fingerprint density at radius 1 is 1.57 bits per heavy atom. The number of anilines is 1. The van der Waals surface area contributed by atoms with Crippen molar-refractivity contribution in [3.8, 4) is 0 Å². The average Bonchev–Trinajstić information content (AvgIpc) is 2.15. The van der Waals surface area contributed by atoms with Gasteiger partial charge < -0.3 is 5.32 Å². The van der Waals surface area contributed by atoms with Gasteiger partial charge in [-0.05, 0) is 18.2 Å². The molecule has 0 aliphatic rings. The van der Waals surface area contributed by atoms with Crippen LogP contribution in [0.2, 0.25) is 0 Å². The highest BCUT2D eigenvalue weighted by atomic mass is 19.1. The normalized spacial score (nSPS) is 9.57. The molecular weight excluding hydrogens is 187 g/mol. The fourth-order valence-corrected chi connectivity index (χ4v) is 0.931. The number of carbonyl (C=O) groups is 1. The lowest BCUT2D eigenvalue weighted by molar-refractivity contribution is -0.129. The molecule has 5 heteroatoms. The Morgan fingerprint density at radius 3 is 3.00 bits per heavy atom. The summed E-state index contributed by atoms with van der Waals surface area (Å²) in [5, 5.41) is 2.74. The van der Waals surface area contributed by atoms with Crippen LogP contribution in [-0.4, -0.2) is 19.6 Å². The lowest BCUT2D eigenvalue weighted by Gasteiger charge is -2.05. The van der Waals surface area contributed by atoms with Gasteiger partial charge in [0.25, 0.3) is 5.91 Å². The number of carbonyl (C=O) groups excluding carboxylic acids is 1. The number of hydroxylamine groups is 1. The molecule has 14 heavy (non-hydrogen) atoms. The number of nitrogens with one attached hydrogen (secondary N) is 2. The molecule has 0 aliphatic heterocycles. The highest BCUT2D eigenvalue weighted by Gasteiger charge is 1.99. The molecule has 0 saturated heterocycles. The van der Waals surface area contributed by atoms with Gasteiger partial charge in [-0.25, -0.2) is 9.87 Å². The van der Waals surface area contributed by atoms with Crippen molar-refractivity contribution in [2.24, 2.45) is 0 Å². The van der Waals surface area contributed by atoms with Crippen LogP contribution >= 0.6 is 0 Å². The van der Waals surface area contributed by atoms with Crippen molar-refractivity contribution in [3.05, 3.63) is 30.1 Å². The van der Waals surface area contributed by atoms with Gasteiger partial charge in [-0.15, -0.1) is 0 Å². The molecule has 1 aromatic carbocycles. The molecule has 76 valence electrons. The van der Waals surface area contributed by atoms with Crippen LogP contribution in [0.1, 0.15) is 0 Å². The van der Waals surface area contributed by atoms with E-state index >= 15 is 0 Å². The van der Waals surface area contributed by atoms with Crippen molar-refractivity contribution in [1.29, 1.82) is 0 Å². The second kappa shape index (κ2) is 5.18. The minimum atomic E-state index is -0.345. The maximum atomic E-state index is 12.7. The molecule has 0 bridgehead atoms. The minimum absolute atomic E-state index is 0.0390. The van der Waals surface area contributed by atoms with E-state index in [4.69, 9.17) is 0 Å². The molecule has 0 spiro atoms. The largest absolute Gasteiger partial charge is 0.376 e. The zero-order chi connectivity index (χ0) is 10.4. The van der Waals surface area contributed by atoms with Gasteiger partial charge in [0.1, 0.15) is 5.82 Å². The molecule has 0 aliphatic carbocycles. The lowest BCUT2D eigenvalue weighted by atomic mass is 10.3. The Bertz CT molecular complexity index is 317. The van der Waals surface area contributed by atoms with Gasteiger partial charge in [-0.3, -0.25) is 9.63 Å². The second-order valence-corrected chi connectivity index (χ2v) is 2.59. The van der Waals surface area contributed by atoms with Crippen molar-refractivity contribution in [2.45, 2.75) is 0 Å². The van der Waals surface area contributed by atoms with Crippen LogP contribution in [0.5, 0.6) is 0 Å². The van der Waals surface area contributed by atoms with E-state index in [0.717, 1.165) is 0 Å². The summed E-state index contributed by atoms with van der Waals surface area (Å²) < 4.78 is 12.7. The van der Waals surface area contributed by atoms with Crippen LogP contribution in [0.3, 0.4) is 0 Å². The summed E-state index contributed by atoms with van der Waals surface area (Å²) in [6.07, 6.45) is 0. The van der Waals surface area contributed by atoms with Crippen LogP contribution in [0.15, 0.2) is 24.3 Å². The van der Waals surface area contributed by atoms with Crippen molar-refractivity contribution in [3.63, 3.8) is 0 Å². The fraction of sp³-hybridized carbons (Fsp3) is 0.222. The first-order valence-corrected chi connectivity index (χ1v) is 4.03. The number of hydrogen-bond acceptors (Lipinski definition) is 3. The van der Waals surface area contributed by atoms with E-state index in [2.05, 4.69) is 15.6 Å². The molecule has 0 fully saturated rings. The SMILES string of the molecule is CONC(=O)CNc1cccc(F)c1. The smallest absolute Gasteiger partial charge is 0.262 e. The Labute approximate surface area is 81.0 Å². The highest BCUT2D eigenvalue weighted by Crippen LogP contribution is 2.07. The molecule has 0 aromatic heterocycles. The Balaban J connectivity index is 2.41. The first kappa shape index (κ1) is 10.5. The highest BCUT2D eigenvalue weighted by molar-refractivity contribution is 5.79. The Kier molecular flexibility index (Phi) is 3.87. The predicted molar refractivity (Wildman–Crippen MR) is 50.0 cm³/mol. The summed E-state index contributed by atoms with van der Waals surface area (Å²) in [5.74, 6) is -0.668. The van der Waals surface area contributed by atoms with Crippen LogP contribution in [0, 0.1) is 5.82 Å². The minimum Gasteiger partial charge on any atom is -0.376 e. The third-order valence-electron chi connectivity index (χ3n) is 1.49. The van der Waals surface area contributed by atoms with Crippen LogP contribution in [0.25, 0.3) is 0 Å². The van der Waals surface area contributed by atoms with Crippen LogP contribution in [-0.2, 0) is 9.63 Å². The monoisotopic (exact) mass is 198 g/mol. The molecule has 1 amide bonds. The number of amides is 1. The lowest BCUT2D eigenvalue weighted by Crippen LogP contribution is -2.28. The van der Waals surface area contributed by atoms with Gasteiger partial charge in [0, 0.05) is 5.69 Å². The summed E-state index contributed by atoms with van der Waals surface area (Å²) in [5.41, 5.74) is 2.69.